The van der Waals surface area contributed by atoms with Crippen LogP contribution in [0.15, 0.2) is 36.5 Å². The number of benzene rings is 2. The highest BCUT2D eigenvalue weighted by atomic mass is 15.4. The van der Waals surface area contributed by atoms with Gasteiger partial charge in [0.05, 0.1) is 17.5 Å². The Bertz CT molecular complexity index is 910. The normalized spacial score (nSPS) is 12.2. The van der Waals surface area contributed by atoms with Crippen molar-refractivity contribution >= 4 is 16.6 Å². The summed E-state index contributed by atoms with van der Waals surface area (Å²) in [4.78, 5) is 3.51. The van der Waals surface area contributed by atoms with Crippen LogP contribution >= 0.6 is 0 Å². The van der Waals surface area contributed by atoms with Crippen LogP contribution in [-0.2, 0) is 6.54 Å². The molecule has 3 heteroatoms. The van der Waals surface area contributed by atoms with Gasteiger partial charge in [0.2, 0.25) is 6.20 Å². The minimum atomic E-state index is 0.697. The lowest BCUT2D eigenvalue weighted by molar-refractivity contribution is -0.749. The quantitative estimate of drug-likeness (QED) is 0.339. The summed E-state index contributed by atoms with van der Waals surface area (Å²) in [5.41, 5.74) is 7.17. The molecule has 4 rings (SSSR count). The van der Waals surface area contributed by atoms with Gasteiger partial charge in [-0.3, -0.25) is 0 Å². The number of aryl methyl sites for hydroxylation is 2. The summed E-state index contributed by atoms with van der Waals surface area (Å²) in [6.07, 6.45) is 2.14. The van der Waals surface area contributed by atoms with Crippen molar-refractivity contribution in [3.8, 4) is 5.69 Å². The van der Waals surface area contributed by atoms with E-state index in [1.165, 1.54) is 27.9 Å². The summed E-state index contributed by atoms with van der Waals surface area (Å²) in [7, 11) is 0. The van der Waals surface area contributed by atoms with E-state index in [9.17, 15) is 0 Å². The molecule has 1 aliphatic heterocycles. The van der Waals surface area contributed by atoms with Crippen LogP contribution in [0.25, 0.3) is 21.4 Å². The topological polar surface area (TPSA) is 13.2 Å². The van der Waals surface area contributed by atoms with Crippen LogP contribution in [-0.4, -0.2) is 4.68 Å². The Hall–Kier alpha value is -2.60. The van der Waals surface area contributed by atoms with E-state index in [-0.39, 0.29) is 0 Å². The van der Waals surface area contributed by atoms with E-state index in [1.807, 2.05) is 18.2 Å². The van der Waals surface area contributed by atoms with E-state index < -0.39 is 0 Å². The molecule has 2 aromatic carbocycles. The molecule has 0 aliphatic carbocycles. The molecule has 0 N–H and O–H groups in total. The molecule has 1 aliphatic rings. The van der Waals surface area contributed by atoms with Crippen molar-refractivity contribution in [1.29, 1.82) is 0 Å². The minimum Gasteiger partial charge on any atom is -0.238 e. The fourth-order valence-corrected chi connectivity index (χ4v) is 3.18. The zero-order chi connectivity index (χ0) is 13.9. The number of fused-ring (bicyclic) bond motifs is 5. The maximum absolute atomic E-state index is 7.12. The van der Waals surface area contributed by atoms with Gasteiger partial charge in [-0.2, -0.15) is 0 Å². The Morgan fingerprint density at radius 1 is 1.20 bits per heavy atom. The summed E-state index contributed by atoms with van der Waals surface area (Å²) in [6.45, 7) is 12.3. The smallest absolute Gasteiger partial charge is 0.203 e. The summed E-state index contributed by atoms with van der Waals surface area (Å²) in [5, 5.41) is 1.13. The fraction of sp³-hybridized carbons (Fsp3) is 0.176. The van der Waals surface area contributed by atoms with Crippen LogP contribution in [0.1, 0.15) is 16.7 Å². The standard InChI is InChI=1S/C17H14N3/c1-11-6-12(2)15-10-19-9-13-8-14(18-3)4-5-16(13)20(19)17(15)7-11/h4-9H,10H2,1-2H3/q+1. The average Bonchev–Trinajstić information content (AvgIpc) is 2.94. The molecule has 0 saturated carbocycles. The zero-order valence-electron chi connectivity index (χ0n) is 11.5. The Morgan fingerprint density at radius 2 is 2.05 bits per heavy atom. The van der Waals surface area contributed by atoms with E-state index in [2.05, 4.69) is 46.4 Å². The molecule has 0 bridgehead atoms. The molecule has 0 atom stereocenters. The first-order valence-corrected chi connectivity index (χ1v) is 6.70. The molecule has 3 aromatic rings. The van der Waals surface area contributed by atoms with Crippen LogP contribution in [0.3, 0.4) is 0 Å². The van der Waals surface area contributed by atoms with Gasteiger partial charge in [-0.25, -0.2) is 4.85 Å². The van der Waals surface area contributed by atoms with E-state index in [4.69, 9.17) is 6.57 Å². The molecule has 2 heterocycles. The monoisotopic (exact) mass is 260 g/mol. The highest BCUT2D eigenvalue weighted by Crippen LogP contribution is 2.29. The zero-order valence-corrected chi connectivity index (χ0v) is 11.5. The molecule has 0 radical (unpaired) electrons. The van der Waals surface area contributed by atoms with E-state index in [1.54, 1.807) is 0 Å². The van der Waals surface area contributed by atoms with Crippen LogP contribution in [0, 0.1) is 20.4 Å². The predicted molar refractivity (Wildman–Crippen MR) is 78.3 cm³/mol. The summed E-state index contributed by atoms with van der Waals surface area (Å²) >= 11 is 0. The van der Waals surface area contributed by atoms with Gasteiger partial charge in [-0.1, -0.05) is 12.1 Å². The maximum Gasteiger partial charge on any atom is 0.203 e. The Kier molecular flexibility index (Phi) is 2.08. The van der Waals surface area contributed by atoms with Crippen LogP contribution < -0.4 is 4.68 Å². The number of aromatic nitrogens is 2. The highest BCUT2D eigenvalue weighted by molar-refractivity contribution is 5.83. The summed E-state index contributed by atoms with van der Waals surface area (Å²) in [5.74, 6) is 0. The van der Waals surface area contributed by atoms with Crippen molar-refractivity contribution in [2.24, 2.45) is 0 Å². The van der Waals surface area contributed by atoms with Crippen molar-refractivity contribution in [1.82, 2.24) is 4.68 Å². The first-order valence-electron chi connectivity index (χ1n) is 6.70. The molecular formula is C17H14N3+. The van der Waals surface area contributed by atoms with E-state index in [0.29, 0.717) is 5.69 Å². The first kappa shape index (κ1) is 11.2. The fourth-order valence-electron chi connectivity index (χ4n) is 3.18. The number of hydrogen-bond acceptors (Lipinski definition) is 0. The lowest BCUT2D eigenvalue weighted by Gasteiger charge is -2.03. The number of hydrogen-bond donors (Lipinski definition) is 0. The number of rotatable bonds is 0. The van der Waals surface area contributed by atoms with Gasteiger partial charge in [-0.05, 0) is 43.2 Å². The van der Waals surface area contributed by atoms with Gasteiger partial charge in [-0.15, -0.1) is 9.36 Å². The Labute approximate surface area is 117 Å². The number of nitrogens with zero attached hydrogens (tertiary/aromatic N) is 3. The molecule has 0 unspecified atom stereocenters. The van der Waals surface area contributed by atoms with Crippen molar-refractivity contribution < 1.29 is 4.68 Å². The second-order valence-electron chi connectivity index (χ2n) is 5.47. The molecule has 0 spiro atoms. The molecular weight excluding hydrogens is 246 g/mol. The second-order valence-corrected chi connectivity index (χ2v) is 5.47. The largest absolute Gasteiger partial charge is 0.238 e. The molecule has 0 amide bonds. The average molecular weight is 260 g/mol. The Balaban J connectivity index is 2.06. The lowest BCUT2D eigenvalue weighted by atomic mass is 10.0. The second kappa shape index (κ2) is 3.71. The molecule has 20 heavy (non-hydrogen) atoms. The predicted octanol–water partition coefficient (Wildman–Crippen LogP) is 3.45. The van der Waals surface area contributed by atoms with Gasteiger partial charge < -0.3 is 0 Å². The summed E-state index contributed by atoms with van der Waals surface area (Å²) < 4.78 is 4.49. The molecule has 0 fully saturated rings. The molecule has 0 saturated heterocycles. The molecule has 3 nitrogen and oxygen atoms in total. The minimum absolute atomic E-state index is 0.697. The van der Waals surface area contributed by atoms with Gasteiger partial charge in [0.15, 0.2) is 12.2 Å². The van der Waals surface area contributed by atoms with E-state index >= 15 is 0 Å². The van der Waals surface area contributed by atoms with Crippen molar-refractivity contribution in [3.05, 3.63) is 64.6 Å². The first-order chi connectivity index (χ1) is 9.67. The highest BCUT2D eigenvalue weighted by Gasteiger charge is 2.29. The Morgan fingerprint density at radius 3 is 2.85 bits per heavy atom. The van der Waals surface area contributed by atoms with Gasteiger partial charge >= 0.3 is 0 Å². The third kappa shape index (κ3) is 1.36. The molecule has 96 valence electrons. The van der Waals surface area contributed by atoms with Crippen molar-refractivity contribution in [2.75, 3.05) is 0 Å². The molecule has 1 aromatic heterocycles. The SMILES string of the molecule is [C-]#[N+]c1ccc2c(c1)c[n+]1n2-c2cc(C)cc(C)c2C1. The van der Waals surface area contributed by atoms with Gasteiger partial charge in [0.25, 0.3) is 0 Å². The van der Waals surface area contributed by atoms with Crippen molar-refractivity contribution in [3.63, 3.8) is 0 Å². The third-order valence-electron chi connectivity index (χ3n) is 4.06. The summed E-state index contributed by atoms with van der Waals surface area (Å²) in [6, 6.07) is 10.4. The van der Waals surface area contributed by atoms with Crippen molar-refractivity contribution in [2.45, 2.75) is 20.4 Å². The van der Waals surface area contributed by atoms with Crippen LogP contribution in [0.5, 0.6) is 0 Å². The van der Waals surface area contributed by atoms with Crippen LogP contribution in [0.4, 0.5) is 5.69 Å². The van der Waals surface area contributed by atoms with Gasteiger partial charge in [0.1, 0.15) is 11.2 Å². The van der Waals surface area contributed by atoms with Crippen LogP contribution in [0.2, 0.25) is 0 Å². The van der Waals surface area contributed by atoms with E-state index in [0.717, 1.165) is 11.9 Å². The van der Waals surface area contributed by atoms with Gasteiger partial charge in [0, 0.05) is 0 Å². The third-order valence-corrected chi connectivity index (χ3v) is 4.06. The lowest BCUT2D eigenvalue weighted by Crippen LogP contribution is -2.36. The maximum atomic E-state index is 7.12.